The average Bonchev–Trinajstić information content (AvgIpc) is 3.39. The molecule has 140 valence electrons. The van der Waals surface area contributed by atoms with E-state index in [-0.39, 0.29) is 30.7 Å². The second-order valence-electron chi connectivity index (χ2n) is 6.76. The molecule has 0 radical (unpaired) electrons. The summed E-state index contributed by atoms with van der Waals surface area (Å²) >= 11 is 3.32. The fraction of sp³-hybridized carbons (Fsp3) is 0.350. The van der Waals surface area contributed by atoms with Crippen LogP contribution in [0.5, 0.6) is 0 Å². The highest BCUT2D eigenvalue weighted by Gasteiger charge is 2.44. The second-order valence-corrected chi connectivity index (χ2v) is 8.72. The number of nitrogens with zero attached hydrogens (tertiary/aromatic N) is 2. The highest BCUT2D eigenvalue weighted by molar-refractivity contribution is 7.11. The Balaban J connectivity index is 1.68. The number of rotatable bonds is 5. The quantitative estimate of drug-likeness (QED) is 0.784. The summed E-state index contributed by atoms with van der Waals surface area (Å²) in [5.41, 5.74) is 2.19. The van der Waals surface area contributed by atoms with Gasteiger partial charge in [0.05, 0.1) is 18.2 Å². The first-order chi connectivity index (χ1) is 13.1. The number of aliphatic carboxylic acids is 1. The number of carboxylic acid groups (broad SMARTS) is 1. The molecule has 3 heterocycles. The molecule has 1 amide bonds. The monoisotopic (exact) mass is 400 g/mol. The lowest BCUT2D eigenvalue weighted by atomic mass is 9.79. The third-order valence-electron chi connectivity index (χ3n) is 5.00. The molecule has 7 heteroatoms. The van der Waals surface area contributed by atoms with E-state index in [4.69, 9.17) is 10.2 Å². The molecule has 1 aliphatic carbocycles. The summed E-state index contributed by atoms with van der Waals surface area (Å²) in [6, 6.07) is 8.03. The Morgan fingerprint density at radius 3 is 2.74 bits per heavy atom. The van der Waals surface area contributed by atoms with Crippen molar-refractivity contribution in [3.05, 3.63) is 50.4 Å². The van der Waals surface area contributed by atoms with E-state index in [1.165, 1.54) is 10.5 Å². The number of allylic oxidation sites excluding steroid dienone is 1. The van der Waals surface area contributed by atoms with Crippen LogP contribution in [0.4, 0.5) is 0 Å². The van der Waals surface area contributed by atoms with Crippen molar-refractivity contribution in [2.24, 2.45) is 11.0 Å². The number of fused-ring (bicyclic) bond motifs is 1. The number of hydrogen-bond acceptors (Lipinski definition) is 5. The summed E-state index contributed by atoms with van der Waals surface area (Å²) in [4.78, 5) is 26.0. The first kappa shape index (κ1) is 18.1. The predicted octanol–water partition coefficient (Wildman–Crippen LogP) is 4.80. The second kappa shape index (κ2) is 7.78. The molecule has 0 saturated heterocycles. The Bertz CT molecular complexity index is 884. The van der Waals surface area contributed by atoms with Crippen LogP contribution in [-0.2, 0) is 9.59 Å². The van der Waals surface area contributed by atoms with E-state index in [0.717, 1.165) is 29.9 Å². The molecule has 2 aromatic heterocycles. The van der Waals surface area contributed by atoms with Gasteiger partial charge in [0, 0.05) is 22.1 Å². The van der Waals surface area contributed by atoms with Crippen molar-refractivity contribution >= 4 is 46.3 Å². The van der Waals surface area contributed by atoms with Gasteiger partial charge in [0.2, 0.25) is 5.91 Å². The molecule has 1 saturated carbocycles. The van der Waals surface area contributed by atoms with Gasteiger partial charge in [-0.25, -0.2) is 5.01 Å². The lowest BCUT2D eigenvalue weighted by Gasteiger charge is -2.28. The van der Waals surface area contributed by atoms with Crippen molar-refractivity contribution in [2.75, 3.05) is 0 Å². The van der Waals surface area contributed by atoms with Crippen molar-refractivity contribution in [3.8, 4) is 0 Å². The van der Waals surface area contributed by atoms with E-state index in [1.807, 2.05) is 23.6 Å². The van der Waals surface area contributed by atoms with Gasteiger partial charge in [-0.05, 0) is 53.8 Å². The molecule has 2 aromatic rings. The van der Waals surface area contributed by atoms with Crippen LogP contribution < -0.4 is 0 Å². The zero-order valence-corrected chi connectivity index (χ0v) is 16.3. The SMILES string of the molecule is O=C(O)CCC(=O)N1N=C2/C(=C/c3cccs3)CCC[C@@H]2[C@H]1c1cccs1. The number of carbonyl (C=O) groups is 2. The highest BCUT2D eigenvalue weighted by Crippen LogP contribution is 2.45. The molecule has 27 heavy (non-hydrogen) atoms. The van der Waals surface area contributed by atoms with E-state index in [1.54, 1.807) is 27.7 Å². The Morgan fingerprint density at radius 2 is 2.04 bits per heavy atom. The summed E-state index contributed by atoms with van der Waals surface area (Å²) in [7, 11) is 0. The van der Waals surface area contributed by atoms with Gasteiger partial charge in [0.25, 0.3) is 0 Å². The zero-order valence-electron chi connectivity index (χ0n) is 14.7. The van der Waals surface area contributed by atoms with Crippen LogP contribution in [0.25, 0.3) is 6.08 Å². The van der Waals surface area contributed by atoms with Gasteiger partial charge in [0.15, 0.2) is 0 Å². The van der Waals surface area contributed by atoms with Crippen molar-refractivity contribution < 1.29 is 14.7 Å². The van der Waals surface area contributed by atoms with Crippen LogP contribution in [-0.4, -0.2) is 27.7 Å². The Hall–Kier alpha value is -2.25. The van der Waals surface area contributed by atoms with Crippen LogP contribution in [0.3, 0.4) is 0 Å². The van der Waals surface area contributed by atoms with Crippen LogP contribution in [0.1, 0.15) is 47.9 Å². The first-order valence-electron chi connectivity index (χ1n) is 9.03. The van der Waals surface area contributed by atoms with Gasteiger partial charge < -0.3 is 5.11 Å². The standard InChI is InChI=1S/C20H20N2O3S2/c23-17(8-9-18(24)25)22-20(16-7-3-11-27-16)15-6-1-4-13(19(15)21-22)12-14-5-2-10-26-14/h2-3,5,7,10-12,15,20H,1,4,6,8-9H2,(H,24,25)/b13-12+/t15-,20-/m0/s1. The molecular weight excluding hydrogens is 380 g/mol. The highest BCUT2D eigenvalue weighted by atomic mass is 32.1. The molecule has 0 aromatic carbocycles. The van der Waals surface area contributed by atoms with Crippen LogP contribution in [0.15, 0.2) is 45.7 Å². The summed E-state index contributed by atoms with van der Waals surface area (Å²) in [5, 5.41) is 19.3. The molecule has 0 unspecified atom stereocenters. The Morgan fingerprint density at radius 1 is 1.22 bits per heavy atom. The minimum atomic E-state index is -0.960. The molecule has 5 nitrogen and oxygen atoms in total. The molecule has 4 rings (SSSR count). The first-order valence-corrected chi connectivity index (χ1v) is 10.8. The lowest BCUT2D eigenvalue weighted by molar-refractivity contribution is -0.141. The predicted molar refractivity (Wildman–Crippen MR) is 108 cm³/mol. The van der Waals surface area contributed by atoms with Gasteiger partial charge >= 0.3 is 5.97 Å². The van der Waals surface area contributed by atoms with Gasteiger partial charge in [0.1, 0.15) is 0 Å². The number of amides is 1. The van der Waals surface area contributed by atoms with E-state index >= 15 is 0 Å². The molecular formula is C20H20N2O3S2. The van der Waals surface area contributed by atoms with Crippen LogP contribution in [0, 0.1) is 5.92 Å². The van der Waals surface area contributed by atoms with Gasteiger partial charge in [-0.2, -0.15) is 5.10 Å². The molecule has 2 aliphatic rings. The summed E-state index contributed by atoms with van der Waals surface area (Å²) in [6.07, 6.45) is 5.02. The maximum Gasteiger partial charge on any atom is 0.303 e. The van der Waals surface area contributed by atoms with Crippen molar-refractivity contribution in [2.45, 2.75) is 38.1 Å². The lowest BCUT2D eigenvalue weighted by Crippen LogP contribution is -2.31. The molecule has 0 bridgehead atoms. The molecule has 0 spiro atoms. The van der Waals surface area contributed by atoms with Gasteiger partial charge in [-0.1, -0.05) is 12.1 Å². The summed E-state index contributed by atoms with van der Waals surface area (Å²) < 4.78 is 0. The smallest absolute Gasteiger partial charge is 0.303 e. The third-order valence-corrected chi connectivity index (χ3v) is 6.77. The van der Waals surface area contributed by atoms with E-state index in [9.17, 15) is 9.59 Å². The molecule has 1 aliphatic heterocycles. The average molecular weight is 401 g/mol. The third kappa shape index (κ3) is 3.75. The normalized spacial score (nSPS) is 23.3. The minimum Gasteiger partial charge on any atom is -0.481 e. The Labute approximate surface area is 165 Å². The van der Waals surface area contributed by atoms with Gasteiger partial charge in [-0.15, -0.1) is 22.7 Å². The summed E-state index contributed by atoms with van der Waals surface area (Å²) in [5.74, 6) is -0.996. The van der Waals surface area contributed by atoms with Gasteiger partial charge in [-0.3, -0.25) is 9.59 Å². The van der Waals surface area contributed by atoms with E-state index in [0.29, 0.717) is 0 Å². The van der Waals surface area contributed by atoms with Crippen LogP contribution >= 0.6 is 22.7 Å². The van der Waals surface area contributed by atoms with Crippen molar-refractivity contribution in [1.29, 1.82) is 0 Å². The molecule has 1 fully saturated rings. The van der Waals surface area contributed by atoms with E-state index < -0.39 is 5.97 Å². The number of thiophene rings is 2. The number of carbonyl (C=O) groups excluding carboxylic acids is 1. The fourth-order valence-electron chi connectivity index (χ4n) is 3.82. The van der Waals surface area contributed by atoms with E-state index in [2.05, 4.69) is 17.5 Å². The number of hydrogen-bond donors (Lipinski definition) is 1. The Kier molecular flexibility index (Phi) is 5.22. The largest absolute Gasteiger partial charge is 0.481 e. The van der Waals surface area contributed by atoms with Crippen molar-refractivity contribution in [3.63, 3.8) is 0 Å². The maximum absolute atomic E-state index is 12.8. The van der Waals surface area contributed by atoms with Crippen LogP contribution in [0.2, 0.25) is 0 Å². The number of hydrazone groups is 1. The number of carboxylic acids is 1. The topological polar surface area (TPSA) is 70.0 Å². The minimum absolute atomic E-state index is 0.0231. The maximum atomic E-state index is 12.8. The van der Waals surface area contributed by atoms with Crippen molar-refractivity contribution in [1.82, 2.24) is 5.01 Å². The molecule has 1 N–H and O–H groups in total. The summed E-state index contributed by atoms with van der Waals surface area (Å²) in [6.45, 7) is 0. The molecule has 2 atom stereocenters. The zero-order chi connectivity index (χ0) is 18.8. The fourth-order valence-corrected chi connectivity index (χ4v) is 5.38.